The fraction of sp³-hybridized carbons (Fsp3) is 0.500. The molecule has 0 saturated heterocycles. The number of anilines is 1. The normalized spacial score (nSPS) is 23.6. The van der Waals surface area contributed by atoms with E-state index >= 15 is 0 Å². The van der Waals surface area contributed by atoms with Gasteiger partial charge in [-0.25, -0.2) is 0 Å². The first-order valence-electron chi connectivity index (χ1n) is 5.74. The molecule has 0 spiro atoms. The van der Waals surface area contributed by atoms with Crippen LogP contribution in [0.25, 0.3) is 0 Å². The number of hydrogen-bond donors (Lipinski definition) is 2. The van der Waals surface area contributed by atoms with E-state index in [4.69, 9.17) is 10.5 Å². The number of nitrogens with one attached hydrogen (secondary N) is 1. The molecule has 1 aromatic heterocycles. The van der Waals surface area contributed by atoms with E-state index in [9.17, 15) is 4.79 Å². The molecule has 0 bridgehead atoms. The lowest BCUT2D eigenvalue weighted by atomic mass is 10.2. The molecule has 1 heterocycles. The number of nitrogens with zero attached hydrogens (tertiary/aromatic N) is 1. The molecular weight excluding hydrogens is 218 g/mol. The average molecular weight is 235 g/mol. The highest BCUT2D eigenvalue weighted by molar-refractivity contribution is 5.98. The van der Waals surface area contributed by atoms with Gasteiger partial charge in [0.05, 0.1) is 11.7 Å². The summed E-state index contributed by atoms with van der Waals surface area (Å²) in [7, 11) is 1.70. The van der Waals surface area contributed by atoms with E-state index in [1.54, 1.807) is 19.4 Å². The quantitative estimate of drug-likeness (QED) is 0.818. The molecule has 0 aromatic carbocycles. The second-order valence-electron chi connectivity index (χ2n) is 4.30. The van der Waals surface area contributed by atoms with Gasteiger partial charge >= 0.3 is 0 Å². The monoisotopic (exact) mass is 235 g/mol. The van der Waals surface area contributed by atoms with Gasteiger partial charge in [0.15, 0.2) is 0 Å². The smallest absolute Gasteiger partial charge is 0.255 e. The number of hydrogen-bond acceptors (Lipinski definition) is 4. The number of carbonyl (C=O) groups excluding carboxylic acids is 1. The van der Waals surface area contributed by atoms with Crippen LogP contribution in [0, 0.1) is 0 Å². The summed E-state index contributed by atoms with van der Waals surface area (Å²) in [5.74, 6) is -0.155. The lowest BCUT2D eigenvalue weighted by Crippen LogP contribution is -2.33. The predicted molar refractivity (Wildman–Crippen MR) is 64.6 cm³/mol. The molecule has 1 saturated carbocycles. The molecule has 2 unspecified atom stereocenters. The molecule has 1 fully saturated rings. The minimum absolute atomic E-state index is 0.155. The number of aromatic nitrogens is 1. The summed E-state index contributed by atoms with van der Waals surface area (Å²) in [6, 6.07) is 1.80. The first kappa shape index (κ1) is 11.9. The molecule has 3 N–H and O–H groups in total. The number of methoxy groups -OCH3 is 1. The molecule has 0 radical (unpaired) electrons. The Morgan fingerprint density at radius 2 is 2.41 bits per heavy atom. The summed E-state index contributed by atoms with van der Waals surface area (Å²) in [6.45, 7) is 0. The van der Waals surface area contributed by atoms with Crippen LogP contribution in [0.1, 0.15) is 29.6 Å². The van der Waals surface area contributed by atoms with Crippen LogP contribution >= 0.6 is 0 Å². The van der Waals surface area contributed by atoms with Gasteiger partial charge in [-0.05, 0) is 25.3 Å². The van der Waals surface area contributed by atoms with Crippen LogP contribution in [-0.4, -0.2) is 30.1 Å². The maximum Gasteiger partial charge on any atom is 0.255 e. The highest BCUT2D eigenvalue weighted by Gasteiger charge is 2.26. The van der Waals surface area contributed by atoms with Gasteiger partial charge in [-0.3, -0.25) is 9.78 Å². The van der Waals surface area contributed by atoms with Crippen molar-refractivity contribution in [1.29, 1.82) is 0 Å². The average Bonchev–Trinajstić information content (AvgIpc) is 2.77. The number of rotatable bonds is 3. The Morgan fingerprint density at radius 1 is 1.59 bits per heavy atom. The Bertz CT molecular complexity index is 408. The van der Waals surface area contributed by atoms with E-state index in [1.165, 1.54) is 6.20 Å². The summed E-state index contributed by atoms with van der Waals surface area (Å²) >= 11 is 0. The third-order valence-electron chi connectivity index (χ3n) is 3.15. The first-order valence-corrected chi connectivity index (χ1v) is 5.74. The van der Waals surface area contributed by atoms with Crippen molar-refractivity contribution < 1.29 is 9.53 Å². The second-order valence-corrected chi connectivity index (χ2v) is 4.30. The van der Waals surface area contributed by atoms with Gasteiger partial charge in [0, 0.05) is 31.2 Å². The van der Waals surface area contributed by atoms with E-state index in [-0.39, 0.29) is 18.1 Å². The van der Waals surface area contributed by atoms with Gasteiger partial charge in [-0.2, -0.15) is 0 Å². The maximum absolute atomic E-state index is 11.9. The summed E-state index contributed by atoms with van der Waals surface area (Å²) in [4.78, 5) is 15.9. The third-order valence-corrected chi connectivity index (χ3v) is 3.15. The first-order chi connectivity index (χ1) is 8.20. The molecule has 0 aliphatic heterocycles. The molecule has 1 aliphatic carbocycles. The maximum atomic E-state index is 11.9. The zero-order valence-electron chi connectivity index (χ0n) is 9.85. The van der Waals surface area contributed by atoms with Crippen molar-refractivity contribution in [2.75, 3.05) is 12.8 Å². The van der Waals surface area contributed by atoms with Crippen molar-refractivity contribution in [3.63, 3.8) is 0 Å². The van der Waals surface area contributed by atoms with Crippen molar-refractivity contribution in [3.05, 3.63) is 24.0 Å². The van der Waals surface area contributed by atoms with Crippen LogP contribution in [0.4, 0.5) is 5.69 Å². The number of carbonyl (C=O) groups is 1. The fourth-order valence-electron chi connectivity index (χ4n) is 2.14. The zero-order valence-corrected chi connectivity index (χ0v) is 9.85. The van der Waals surface area contributed by atoms with Crippen LogP contribution < -0.4 is 11.1 Å². The van der Waals surface area contributed by atoms with Crippen LogP contribution in [0.5, 0.6) is 0 Å². The molecule has 1 amide bonds. The third kappa shape index (κ3) is 2.74. The van der Waals surface area contributed by atoms with Gasteiger partial charge in [-0.15, -0.1) is 0 Å². The highest BCUT2D eigenvalue weighted by atomic mass is 16.5. The summed E-state index contributed by atoms with van der Waals surface area (Å²) in [5.41, 5.74) is 6.62. The number of nitrogens with two attached hydrogens (primary N) is 1. The molecule has 92 valence electrons. The Hall–Kier alpha value is -1.62. The van der Waals surface area contributed by atoms with E-state index < -0.39 is 0 Å². The highest BCUT2D eigenvalue weighted by Crippen LogP contribution is 2.22. The van der Waals surface area contributed by atoms with Crippen molar-refractivity contribution >= 4 is 11.6 Å². The summed E-state index contributed by atoms with van der Waals surface area (Å²) in [5, 5.41) is 2.96. The Kier molecular flexibility index (Phi) is 3.58. The molecule has 17 heavy (non-hydrogen) atoms. The molecule has 1 aromatic rings. The second kappa shape index (κ2) is 5.14. The van der Waals surface area contributed by atoms with Crippen LogP contribution in [-0.2, 0) is 4.74 Å². The standard InChI is InChI=1S/C12H17N3O2/c1-17-9-3-2-8(6-9)15-12(16)10-7-14-5-4-11(10)13/h4-5,7-9H,2-3,6H2,1H3,(H2,13,14)(H,15,16). The Balaban J connectivity index is 1.96. The summed E-state index contributed by atoms with van der Waals surface area (Å²) < 4.78 is 5.26. The van der Waals surface area contributed by atoms with Crippen molar-refractivity contribution in [1.82, 2.24) is 10.3 Å². The van der Waals surface area contributed by atoms with Crippen molar-refractivity contribution in [2.24, 2.45) is 0 Å². The number of nitrogen functional groups attached to an aromatic ring is 1. The van der Waals surface area contributed by atoms with Crippen molar-refractivity contribution in [2.45, 2.75) is 31.4 Å². The minimum atomic E-state index is -0.155. The molecule has 2 atom stereocenters. The van der Waals surface area contributed by atoms with Gasteiger partial charge in [0.1, 0.15) is 0 Å². The van der Waals surface area contributed by atoms with E-state index in [0.29, 0.717) is 11.3 Å². The molecule has 5 nitrogen and oxygen atoms in total. The van der Waals surface area contributed by atoms with E-state index in [0.717, 1.165) is 19.3 Å². The number of ether oxygens (including phenoxy) is 1. The molecule has 2 rings (SSSR count). The van der Waals surface area contributed by atoms with Crippen LogP contribution in [0.15, 0.2) is 18.5 Å². The fourth-order valence-corrected chi connectivity index (χ4v) is 2.14. The van der Waals surface area contributed by atoms with Gasteiger partial charge in [-0.1, -0.05) is 0 Å². The number of amides is 1. The van der Waals surface area contributed by atoms with Gasteiger partial charge < -0.3 is 15.8 Å². The van der Waals surface area contributed by atoms with E-state index in [1.807, 2.05) is 0 Å². The SMILES string of the molecule is COC1CCC(NC(=O)c2cnccc2N)C1. The predicted octanol–water partition coefficient (Wildman–Crippen LogP) is 0.961. The van der Waals surface area contributed by atoms with Crippen LogP contribution in [0.2, 0.25) is 0 Å². The minimum Gasteiger partial charge on any atom is -0.398 e. The lowest BCUT2D eigenvalue weighted by Gasteiger charge is -2.13. The lowest BCUT2D eigenvalue weighted by molar-refractivity contribution is 0.0915. The Labute approximate surface area is 100 Å². The topological polar surface area (TPSA) is 77.2 Å². The summed E-state index contributed by atoms with van der Waals surface area (Å²) in [6.07, 6.45) is 6.12. The Morgan fingerprint density at radius 3 is 3.06 bits per heavy atom. The molecule has 1 aliphatic rings. The van der Waals surface area contributed by atoms with Crippen LogP contribution in [0.3, 0.4) is 0 Å². The number of pyridine rings is 1. The molecular formula is C12H17N3O2. The van der Waals surface area contributed by atoms with E-state index in [2.05, 4.69) is 10.3 Å². The largest absolute Gasteiger partial charge is 0.398 e. The van der Waals surface area contributed by atoms with Crippen molar-refractivity contribution in [3.8, 4) is 0 Å². The van der Waals surface area contributed by atoms with Gasteiger partial charge in [0.2, 0.25) is 0 Å². The van der Waals surface area contributed by atoms with Gasteiger partial charge in [0.25, 0.3) is 5.91 Å². The molecule has 5 heteroatoms. The zero-order chi connectivity index (χ0) is 12.3.